The molecule has 1 unspecified atom stereocenters. The molecule has 2 aromatic carbocycles. The first kappa shape index (κ1) is 24.7. The van der Waals surface area contributed by atoms with Crippen LogP contribution in [-0.2, 0) is 14.3 Å². The van der Waals surface area contributed by atoms with E-state index in [-0.39, 0.29) is 31.0 Å². The van der Waals surface area contributed by atoms with E-state index in [4.69, 9.17) is 4.74 Å². The Labute approximate surface area is 205 Å². The lowest BCUT2D eigenvalue weighted by Crippen LogP contribution is -2.50. The van der Waals surface area contributed by atoms with Crippen LogP contribution in [0.1, 0.15) is 43.7 Å². The molecule has 1 fully saturated rings. The highest BCUT2D eigenvalue weighted by Gasteiger charge is 2.30. The van der Waals surface area contributed by atoms with Crippen LogP contribution in [0, 0.1) is 0 Å². The fourth-order valence-electron chi connectivity index (χ4n) is 5.12. The first-order valence-corrected chi connectivity index (χ1v) is 12.2. The number of amides is 2. The minimum atomic E-state index is -1.01. The quantitative estimate of drug-likeness (QED) is 0.603. The number of carboxylic acid groups (broad SMARTS) is 1. The van der Waals surface area contributed by atoms with Crippen LogP contribution in [-0.4, -0.2) is 77.7 Å². The largest absolute Gasteiger partial charge is 0.480 e. The number of nitrogens with zero attached hydrogens (tertiary/aromatic N) is 2. The van der Waals surface area contributed by atoms with Gasteiger partial charge in [-0.1, -0.05) is 48.5 Å². The normalized spacial score (nSPS) is 16.7. The van der Waals surface area contributed by atoms with Gasteiger partial charge in [-0.15, -0.1) is 0 Å². The standard InChI is InChI=1S/C27H33N3O5/c1-3-30(18(2)26(32)33)25(31)16-29-14-12-19(13-15-29)28-27(34)35-17-24-22-10-6-4-8-20(22)21-9-5-7-11-23(21)24/h4-11,18-19,24H,3,12-17H2,1-2H3,(H,28,34)(H,32,33). The van der Waals surface area contributed by atoms with Crippen LogP contribution >= 0.6 is 0 Å². The fraction of sp³-hybridized carbons (Fsp3) is 0.444. The van der Waals surface area contributed by atoms with E-state index in [9.17, 15) is 19.5 Å². The number of carboxylic acids is 1. The Hall–Kier alpha value is -3.39. The van der Waals surface area contributed by atoms with Crippen molar-refractivity contribution in [1.29, 1.82) is 0 Å². The number of nitrogens with one attached hydrogen (secondary N) is 1. The zero-order chi connectivity index (χ0) is 24.9. The van der Waals surface area contributed by atoms with Crippen molar-refractivity contribution in [1.82, 2.24) is 15.1 Å². The van der Waals surface area contributed by atoms with Crippen molar-refractivity contribution in [3.05, 3.63) is 59.7 Å². The van der Waals surface area contributed by atoms with Crippen molar-refractivity contribution in [3.8, 4) is 11.1 Å². The van der Waals surface area contributed by atoms with Crippen LogP contribution in [0.3, 0.4) is 0 Å². The molecule has 2 aromatic rings. The molecule has 0 saturated carbocycles. The smallest absolute Gasteiger partial charge is 0.407 e. The summed E-state index contributed by atoms with van der Waals surface area (Å²) in [7, 11) is 0. The summed E-state index contributed by atoms with van der Waals surface area (Å²) in [6, 6.07) is 15.6. The number of fused-ring (bicyclic) bond motifs is 3. The number of hydrogen-bond donors (Lipinski definition) is 2. The topological polar surface area (TPSA) is 99.2 Å². The van der Waals surface area contributed by atoms with Crippen molar-refractivity contribution in [3.63, 3.8) is 0 Å². The number of aliphatic carboxylic acids is 1. The van der Waals surface area contributed by atoms with Gasteiger partial charge in [-0.2, -0.15) is 0 Å². The first-order valence-electron chi connectivity index (χ1n) is 12.2. The Balaban J connectivity index is 1.24. The summed E-state index contributed by atoms with van der Waals surface area (Å²) in [6.07, 6.45) is 0.990. The summed E-state index contributed by atoms with van der Waals surface area (Å²) in [5, 5.41) is 12.2. The van der Waals surface area contributed by atoms with Crippen molar-refractivity contribution < 1.29 is 24.2 Å². The van der Waals surface area contributed by atoms with Gasteiger partial charge in [0.1, 0.15) is 12.6 Å². The zero-order valence-corrected chi connectivity index (χ0v) is 20.3. The molecule has 1 heterocycles. The number of likely N-dealkylation sites (tertiary alicyclic amines) is 1. The van der Waals surface area contributed by atoms with E-state index in [2.05, 4.69) is 29.6 Å². The van der Waals surface area contributed by atoms with Crippen LogP contribution in [0.15, 0.2) is 48.5 Å². The second-order valence-electron chi connectivity index (χ2n) is 9.21. The maximum absolute atomic E-state index is 12.6. The van der Waals surface area contributed by atoms with Gasteiger partial charge in [-0.25, -0.2) is 9.59 Å². The lowest BCUT2D eigenvalue weighted by atomic mass is 9.98. The molecule has 8 nitrogen and oxygen atoms in total. The summed E-state index contributed by atoms with van der Waals surface area (Å²) in [6.45, 7) is 5.42. The highest BCUT2D eigenvalue weighted by Crippen LogP contribution is 2.44. The molecule has 2 aliphatic rings. The van der Waals surface area contributed by atoms with Gasteiger partial charge in [-0.05, 0) is 48.9 Å². The molecule has 1 saturated heterocycles. The number of likely N-dealkylation sites (N-methyl/N-ethyl adjacent to an activating group) is 1. The summed E-state index contributed by atoms with van der Waals surface area (Å²) < 4.78 is 5.65. The fourth-order valence-corrected chi connectivity index (χ4v) is 5.12. The van der Waals surface area contributed by atoms with Gasteiger partial charge in [0.15, 0.2) is 0 Å². The monoisotopic (exact) mass is 479 g/mol. The lowest BCUT2D eigenvalue weighted by Gasteiger charge is -2.34. The molecule has 0 aromatic heterocycles. The first-order chi connectivity index (χ1) is 16.9. The molecule has 4 rings (SSSR count). The maximum atomic E-state index is 12.6. The van der Waals surface area contributed by atoms with Gasteiger partial charge in [0.05, 0.1) is 6.54 Å². The Morgan fingerprint density at radius 3 is 2.17 bits per heavy atom. The van der Waals surface area contributed by atoms with E-state index in [0.717, 1.165) is 0 Å². The molecule has 35 heavy (non-hydrogen) atoms. The van der Waals surface area contributed by atoms with Gasteiger partial charge in [0.2, 0.25) is 5.91 Å². The third-order valence-corrected chi connectivity index (χ3v) is 7.10. The number of ether oxygens (including phenoxy) is 1. The molecule has 1 aliphatic heterocycles. The molecule has 2 amide bonds. The molecule has 0 bridgehead atoms. The zero-order valence-electron chi connectivity index (χ0n) is 20.3. The van der Waals surface area contributed by atoms with Crippen LogP contribution in [0.4, 0.5) is 4.79 Å². The number of carbonyl (C=O) groups is 3. The molecular formula is C27H33N3O5. The second kappa shape index (κ2) is 10.9. The predicted molar refractivity (Wildman–Crippen MR) is 132 cm³/mol. The average molecular weight is 480 g/mol. The van der Waals surface area contributed by atoms with Crippen molar-refractivity contribution in [2.24, 2.45) is 0 Å². The number of benzene rings is 2. The Bertz CT molecular complexity index is 1030. The van der Waals surface area contributed by atoms with Gasteiger partial charge >= 0.3 is 12.1 Å². The minimum Gasteiger partial charge on any atom is -0.480 e. The predicted octanol–water partition coefficient (Wildman–Crippen LogP) is 3.31. The van der Waals surface area contributed by atoms with Gasteiger partial charge < -0.3 is 20.1 Å². The molecule has 8 heteroatoms. The number of rotatable bonds is 8. The number of hydrogen-bond acceptors (Lipinski definition) is 5. The van der Waals surface area contributed by atoms with Crippen molar-refractivity contribution in [2.75, 3.05) is 32.8 Å². The van der Waals surface area contributed by atoms with E-state index in [1.54, 1.807) is 6.92 Å². The third kappa shape index (κ3) is 5.48. The Morgan fingerprint density at radius 1 is 1.06 bits per heavy atom. The van der Waals surface area contributed by atoms with Crippen LogP contribution in [0.5, 0.6) is 0 Å². The Morgan fingerprint density at radius 2 is 1.63 bits per heavy atom. The molecule has 0 radical (unpaired) electrons. The van der Waals surface area contributed by atoms with E-state index in [0.29, 0.717) is 32.5 Å². The van der Waals surface area contributed by atoms with Crippen LogP contribution < -0.4 is 5.32 Å². The number of piperidine rings is 1. The van der Waals surface area contributed by atoms with Crippen molar-refractivity contribution >= 4 is 18.0 Å². The third-order valence-electron chi connectivity index (χ3n) is 7.10. The lowest BCUT2D eigenvalue weighted by molar-refractivity contribution is -0.149. The van der Waals surface area contributed by atoms with Crippen LogP contribution in [0.2, 0.25) is 0 Å². The molecule has 186 valence electrons. The van der Waals surface area contributed by atoms with E-state index >= 15 is 0 Å². The molecular weight excluding hydrogens is 446 g/mol. The molecule has 1 aliphatic carbocycles. The highest BCUT2D eigenvalue weighted by molar-refractivity contribution is 5.84. The van der Waals surface area contributed by atoms with Crippen molar-refractivity contribution in [2.45, 2.75) is 44.7 Å². The molecule has 0 spiro atoms. The van der Waals surface area contributed by atoms with Gasteiger partial charge in [-0.3, -0.25) is 9.69 Å². The van der Waals surface area contributed by atoms with Gasteiger partial charge in [0.25, 0.3) is 0 Å². The summed E-state index contributed by atoms with van der Waals surface area (Å²) >= 11 is 0. The average Bonchev–Trinajstić information content (AvgIpc) is 3.18. The summed E-state index contributed by atoms with van der Waals surface area (Å²) in [5.41, 5.74) is 4.74. The summed E-state index contributed by atoms with van der Waals surface area (Å²) in [5.74, 6) is -1.17. The maximum Gasteiger partial charge on any atom is 0.407 e. The SMILES string of the molecule is CCN(C(=O)CN1CCC(NC(=O)OCC2c3ccccc3-c3ccccc32)CC1)C(C)C(=O)O. The number of carbonyl (C=O) groups excluding carboxylic acids is 2. The van der Waals surface area contributed by atoms with Gasteiger partial charge in [0, 0.05) is 31.6 Å². The Kier molecular flexibility index (Phi) is 7.70. The van der Waals surface area contributed by atoms with E-state index in [1.807, 2.05) is 29.2 Å². The minimum absolute atomic E-state index is 0.0165. The molecule has 2 N–H and O–H groups in total. The van der Waals surface area contributed by atoms with E-state index in [1.165, 1.54) is 34.1 Å². The highest BCUT2D eigenvalue weighted by atomic mass is 16.5. The number of alkyl carbamates (subject to hydrolysis) is 1. The second-order valence-corrected chi connectivity index (χ2v) is 9.21. The van der Waals surface area contributed by atoms with Crippen LogP contribution in [0.25, 0.3) is 11.1 Å². The summed E-state index contributed by atoms with van der Waals surface area (Å²) in [4.78, 5) is 39.7. The van der Waals surface area contributed by atoms with E-state index < -0.39 is 18.1 Å². The molecule has 1 atom stereocenters.